The molecule has 4 rings (SSSR count). The zero-order valence-electron chi connectivity index (χ0n) is 14.9. The van der Waals surface area contributed by atoms with Crippen LogP contribution in [-0.4, -0.2) is 34.6 Å². The molecule has 1 atom stereocenters. The van der Waals surface area contributed by atoms with E-state index in [1.165, 1.54) is 16.5 Å². The van der Waals surface area contributed by atoms with E-state index >= 15 is 0 Å². The topological polar surface area (TPSA) is 39.3 Å². The number of nitrogens with one attached hydrogen (secondary N) is 1. The van der Waals surface area contributed by atoms with Crippen LogP contribution in [0, 0.1) is 5.92 Å². The number of benzene rings is 2. The fourth-order valence-corrected chi connectivity index (χ4v) is 4.17. The highest BCUT2D eigenvalue weighted by molar-refractivity contribution is 6.30. The Morgan fingerprint density at radius 2 is 1.81 bits per heavy atom. The van der Waals surface area contributed by atoms with Gasteiger partial charge in [0.2, 0.25) is 0 Å². The van der Waals surface area contributed by atoms with Crippen molar-refractivity contribution in [2.45, 2.75) is 25.4 Å². The van der Waals surface area contributed by atoms with Gasteiger partial charge in [-0.25, -0.2) is 0 Å². The third-order valence-electron chi connectivity index (χ3n) is 5.66. The fourth-order valence-electron chi connectivity index (χ4n) is 4.04. The molecule has 1 aliphatic heterocycles. The number of aromatic nitrogens is 1. The number of fused-ring (bicyclic) bond motifs is 1. The molecule has 0 radical (unpaired) electrons. The Labute approximate surface area is 159 Å². The summed E-state index contributed by atoms with van der Waals surface area (Å²) in [5.41, 5.74) is 3.59. The Morgan fingerprint density at radius 3 is 2.58 bits per heavy atom. The second-order valence-electron chi connectivity index (χ2n) is 7.28. The maximum absolute atomic E-state index is 10.7. The van der Waals surface area contributed by atoms with E-state index in [2.05, 4.69) is 40.3 Å². The monoisotopic (exact) mass is 368 g/mol. The predicted molar refractivity (Wildman–Crippen MR) is 108 cm³/mol. The maximum atomic E-state index is 10.7. The van der Waals surface area contributed by atoms with Crippen LogP contribution in [0.2, 0.25) is 5.02 Å². The van der Waals surface area contributed by atoms with E-state index in [-0.39, 0.29) is 6.10 Å². The average molecular weight is 369 g/mol. The van der Waals surface area contributed by atoms with Crippen molar-refractivity contribution in [3.05, 3.63) is 70.9 Å². The highest BCUT2D eigenvalue weighted by Crippen LogP contribution is 2.31. The van der Waals surface area contributed by atoms with Gasteiger partial charge in [0.05, 0.1) is 6.10 Å². The number of aromatic amines is 1. The van der Waals surface area contributed by atoms with Crippen molar-refractivity contribution >= 4 is 22.5 Å². The summed E-state index contributed by atoms with van der Waals surface area (Å²) in [5, 5.41) is 12.7. The summed E-state index contributed by atoms with van der Waals surface area (Å²) in [4.78, 5) is 5.88. The van der Waals surface area contributed by atoms with Crippen LogP contribution in [0.25, 0.3) is 10.9 Å². The molecule has 26 heavy (non-hydrogen) atoms. The van der Waals surface area contributed by atoms with Crippen LogP contribution in [0.5, 0.6) is 0 Å². The van der Waals surface area contributed by atoms with E-state index in [4.69, 9.17) is 11.6 Å². The largest absolute Gasteiger partial charge is 0.388 e. The van der Waals surface area contributed by atoms with Gasteiger partial charge < -0.3 is 15.0 Å². The first-order valence-electron chi connectivity index (χ1n) is 9.41. The second kappa shape index (κ2) is 7.83. The Morgan fingerprint density at radius 1 is 1.08 bits per heavy atom. The predicted octanol–water partition coefficient (Wildman–Crippen LogP) is 4.81. The minimum atomic E-state index is -0.386. The maximum Gasteiger partial charge on any atom is 0.0819 e. The Bertz CT molecular complexity index is 850. The number of aliphatic hydroxyl groups excluding tert-OH is 1. The highest BCUT2D eigenvalue weighted by atomic mass is 35.5. The van der Waals surface area contributed by atoms with Crippen LogP contribution in [0.3, 0.4) is 0 Å². The standard InChI is InChI=1S/C22H25ClN2O/c23-19-7-5-16(6-8-19)22(26)17-9-12-25(13-10-17)14-11-18-15-24-21-4-2-1-3-20(18)21/h1-8,15,17,22,24,26H,9-14H2. The lowest BCUT2D eigenvalue weighted by Crippen LogP contribution is -2.36. The van der Waals surface area contributed by atoms with Gasteiger partial charge in [0.15, 0.2) is 0 Å². The molecular formula is C22H25ClN2O. The van der Waals surface area contributed by atoms with Crippen molar-refractivity contribution in [1.29, 1.82) is 0 Å². The molecule has 3 aromatic rings. The molecule has 2 aromatic carbocycles. The summed E-state index contributed by atoms with van der Waals surface area (Å²) in [6, 6.07) is 16.1. The molecule has 1 unspecified atom stereocenters. The van der Waals surface area contributed by atoms with Crippen LogP contribution in [0.1, 0.15) is 30.1 Å². The minimum Gasteiger partial charge on any atom is -0.388 e. The van der Waals surface area contributed by atoms with Crippen molar-refractivity contribution in [3.8, 4) is 0 Å². The lowest BCUT2D eigenvalue weighted by molar-refractivity contribution is 0.0592. The molecule has 0 spiro atoms. The molecule has 4 heteroatoms. The van der Waals surface area contributed by atoms with E-state index in [0.717, 1.165) is 44.5 Å². The third-order valence-corrected chi connectivity index (χ3v) is 5.91. The normalized spacial score (nSPS) is 17.6. The number of nitrogens with zero attached hydrogens (tertiary/aromatic N) is 1. The molecule has 0 saturated carbocycles. The number of halogens is 1. The van der Waals surface area contributed by atoms with Crippen LogP contribution >= 0.6 is 11.6 Å². The molecule has 0 amide bonds. The first-order chi connectivity index (χ1) is 12.7. The molecular weight excluding hydrogens is 344 g/mol. The minimum absolute atomic E-state index is 0.334. The Balaban J connectivity index is 1.30. The first-order valence-corrected chi connectivity index (χ1v) is 9.79. The molecule has 1 aromatic heterocycles. The third kappa shape index (κ3) is 3.80. The van der Waals surface area contributed by atoms with Crippen molar-refractivity contribution in [2.75, 3.05) is 19.6 Å². The van der Waals surface area contributed by atoms with Gasteiger partial charge in [-0.2, -0.15) is 0 Å². The number of hydrogen-bond donors (Lipinski definition) is 2. The smallest absolute Gasteiger partial charge is 0.0819 e. The number of rotatable bonds is 5. The number of aliphatic hydroxyl groups is 1. The quantitative estimate of drug-likeness (QED) is 0.678. The van der Waals surface area contributed by atoms with Crippen molar-refractivity contribution in [1.82, 2.24) is 9.88 Å². The number of hydrogen-bond acceptors (Lipinski definition) is 2. The average Bonchev–Trinajstić information content (AvgIpc) is 3.10. The molecule has 136 valence electrons. The molecule has 2 heterocycles. The summed E-state index contributed by atoms with van der Waals surface area (Å²) in [6.07, 6.45) is 4.90. The molecule has 0 bridgehead atoms. The van der Waals surface area contributed by atoms with Crippen LogP contribution in [0.15, 0.2) is 54.7 Å². The van der Waals surface area contributed by atoms with E-state index in [0.29, 0.717) is 10.9 Å². The van der Waals surface area contributed by atoms with E-state index in [1.807, 2.05) is 24.3 Å². The van der Waals surface area contributed by atoms with Gasteiger partial charge in [-0.05, 0) is 67.6 Å². The first kappa shape index (κ1) is 17.6. The summed E-state index contributed by atoms with van der Waals surface area (Å²) < 4.78 is 0. The zero-order chi connectivity index (χ0) is 17.9. The lowest BCUT2D eigenvalue weighted by Gasteiger charge is -2.34. The van der Waals surface area contributed by atoms with E-state index in [9.17, 15) is 5.11 Å². The van der Waals surface area contributed by atoms with Crippen molar-refractivity contribution in [3.63, 3.8) is 0 Å². The molecule has 1 saturated heterocycles. The number of likely N-dealkylation sites (tertiary alicyclic amines) is 1. The summed E-state index contributed by atoms with van der Waals surface area (Å²) in [7, 11) is 0. The summed E-state index contributed by atoms with van der Waals surface area (Å²) in [6.45, 7) is 3.18. The zero-order valence-corrected chi connectivity index (χ0v) is 15.6. The van der Waals surface area contributed by atoms with E-state index in [1.54, 1.807) is 0 Å². The van der Waals surface area contributed by atoms with Crippen LogP contribution in [0.4, 0.5) is 0 Å². The van der Waals surface area contributed by atoms with Crippen LogP contribution < -0.4 is 0 Å². The number of H-pyrrole nitrogens is 1. The molecule has 0 aliphatic carbocycles. The summed E-state index contributed by atoms with van der Waals surface area (Å²) in [5.74, 6) is 0.334. The number of piperidine rings is 1. The van der Waals surface area contributed by atoms with Gasteiger partial charge in [0.25, 0.3) is 0 Å². The SMILES string of the molecule is OC(c1ccc(Cl)cc1)C1CCN(CCc2c[nH]c3ccccc23)CC1. The van der Waals surface area contributed by atoms with Crippen molar-refractivity contribution < 1.29 is 5.11 Å². The van der Waals surface area contributed by atoms with E-state index < -0.39 is 0 Å². The van der Waals surface area contributed by atoms with Gasteiger partial charge in [-0.3, -0.25) is 0 Å². The second-order valence-corrected chi connectivity index (χ2v) is 7.72. The molecule has 2 N–H and O–H groups in total. The van der Waals surface area contributed by atoms with Gasteiger partial charge in [0, 0.05) is 28.7 Å². The lowest BCUT2D eigenvalue weighted by atomic mass is 9.87. The van der Waals surface area contributed by atoms with Gasteiger partial charge in [-0.15, -0.1) is 0 Å². The molecule has 1 aliphatic rings. The van der Waals surface area contributed by atoms with Gasteiger partial charge in [-0.1, -0.05) is 41.9 Å². The molecule has 3 nitrogen and oxygen atoms in total. The fraction of sp³-hybridized carbons (Fsp3) is 0.364. The molecule has 1 fully saturated rings. The Hall–Kier alpha value is -1.81. The number of para-hydroxylation sites is 1. The Kier molecular flexibility index (Phi) is 5.30. The highest BCUT2D eigenvalue weighted by Gasteiger charge is 2.26. The summed E-state index contributed by atoms with van der Waals surface area (Å²) >= 11 is 5.94. The van der Waals surface area contributed by atoms with Gasteiger partial charge >= 0.3 is 0 Å². The van der Waals surface area contributed by atoms with Crippen molar-refractivity contribution in [2.24, 2.45) is 5.92 Å². The van der Waals surface area contributed by atoms with Gasteiger partial charge in [0.1, 0.15) is 0 Å². The van der Waals surface area contributed by atoms with Crippen LogP contribution in [-0.2, 0) is 6.42 Å².